The molecule has 1 atom stereocenters. The molecule has 0 aliphatic rings. The Hall–Kier alpha value is -1.79. The first kappa shape index (κ1) is 24.2. The molecule has 0 bridgehead atoms. The van der Waals surface area contributed by atoms with Gasteiger partial charge in [0.25, 0.3) is 0 Å². The van der Waals surface area contributed by atoms with Crippen molar-refractivity contribution in [2.24, 2.45) is 0 Å². The van der Waals surface area contributed by atoms with Gasteiger partial charge in [0, 0.05) is 45.8 Å². The minimum Gasteiger partial charge on any atom is -0.480 e. The number of nitrogens with one attached hydrogen (secondary N) is 2. The average Bonchev–Trinajstić information content (AvgIpc) is 2.51. The van der Waals surface area contributed by atoms with Crippen LogP contribution in [0.5, 0.6) is 0 Å². The van der Waals surface area contributed by atoms with Gasteiger partial charge in [0.05, 0.1) is 25.7 Å². The molecule has 0 rings (SSSR count). The van der Waals surface area contributed by atoms with E-state index >= 15 is 0 Å². The first-order valence-electron chi connectivity index (χ1n) is 8.40. The molecular formula is C15H30N4O7. The van der Waals surface area contributed by atoms with Gasteiger partial charge in [-0.3, -0.25) is 24.2 Å². The van der Waals surface area contributed by atoms with Gasteiger partial charge in [0.2, 0.25) is 0 Å². The zero-order chi connectivity index (χ0) is 19.9. The Morgan fingerprint density at radius 2 is 1.27 bits per heavy atom. The second-order valence-corrected chi connectivity index (χ2v) is 5.96. The zero-order valence-corrected chi connectivity index (χ0v) is 15.1. The van der Waals surface area contributed by atoms with Crippen molar-refractivity contribution in [3.8, 4) is 0 Å². The number of carboxylic acids is 3. The summed E-state index contributed by atoms with van der Waals surface area (Å²) in [5.41, 5.74) is 0. The van der Waals surface area contributed by atoms with Gasteiger partial charge >= 0.3 is 17.9 Å². The van der Waals surface area contributed by atoms with Crippen molar-refractivity contribution in [3.63, 3.8) is 0 Å². The molecule has 0 saturated carbocycles. The monoisotopic (exact) mass is 378 g/mol. The first-order chi connectivity index (χ1) is 12.2. The number of carboxylic acid groups (broad SMARTS) is 3. The zero-order valence-electron chi connectivity index (χ0n) is 15.1. The van der Waals surface area contributed by atoms with Crippen molar-refractivity contribution < 1.29 is 34.8 Å². The van der Waals surface area contributed by atoms with E-state index in [1.165, 1.54) is 0 Å². The van der Waals surface area contributed by atoms with E-state index in [1.807, 2.05) is 0 Å². The van der Waals surface area contributed by atoms with Gasteiger partial charge in [-0.1, -0.05) is 0 Å². The lowest BCUT2D eigenvalue weighted by Crippen LogP contribution is -2.44. The molecule has 0 saturated heterocycles. The molecule has 26 heavy (non-hydrogen) atoms. The van der Waals surface area contributed by atoms with Gasteiger partial charge in [0.15, 0.2) is 0 Å². The van der Waals surface area contributed by atoms with Crippen LogP contribution in [-0.2, 0) is 14.4 Å². The molecular weight excluding hydrogens is 348 g/mol. The normalized spacial score (nSPS) is 12.5. The molecule has 11 nitrogen and oxygen atoms in total. The summed E-state index contributed by atoms with van der Waals surface area (Å²) in [6.45, 7) is 3.74. The van der Waals surface area contributed by atoms with E-state index < -0.39 is 24.0 Å². The lowest BCUT2D eigenvalue weighted by atomic mass is 10.3. The van der Waals surface area contributed by atoms with Crippen LogP contribution in [0.15, 0.2) is 0 Å². The Labute approximate surface area is 152 Å². The van der Waals surface area contributed by atoms with Crippen LogP contribution in [-0.4, -0.2) is 120 Å². The fraction of sp³-hybridized carbons (Fsp3) is 0.800. The third kappa shape index (κ3) is 15.7. The van der Waals surface area contributed by atoms with Crippen LogP contribution >= 0.6 is 0 Å². The highest BCUT2D eigenvalue weighted by Crippen LogP contribution is 1.94. The van der Waals surface area contributed by atoms with Crippen molar-refractivity contribution in [2.75, 3.05) is 65.4 Å². The molecule has 6 N–H and O–H groups in total. The second-order valence-electron chi connectivity index (χ2n) is 5.96. The lowest BCUT2D eigenvalue weighted by Gasteiger charge is -2.26. The maximum Gasteiger partial charge on any atom is 0.317 e. The van der Waals surface area contributed by atoms with Gasteiger partial charge < -0.3 is 31.1 Å². The van der Waals surface area contributed by atoms with Crippen LogP contribution in [0.4, 0.5) is 0 Å². The number of aliphatic carboxylic acids is 3. The molecule has 11 heteroatoms. The Bertz CT molecular complexity index is 434. The highest BCUT2D eigenvalue weighted by atomic mass is 16.4. The van der Waals surface area contributed by atoms with E-state index in [1.54, 1.807) is 16.7 Å². The highest BCUT2D eigenvalue weighted by Gasteiger charge is 2.14. The Morgan fingerprint density at radius 1 is 0.808 bits per heavy atom. The van der Waals surface area contributed by atoms with Gasteiger partial charge in [-0.2, -0.15) is 0 Å². The smallest absolute Gasteiger partial charge is 0.317 e. The van der Waals surface area contributed by atoms with E-state index in [0.29, 0.717) is 45.8 Å². The number of hydrogen-bond acceptors (Lipinski definition) is 8. The number of hydrogen-bond donors (Lipinski definition) is 6. The summed E-state index contributed by atoms with van der Waals surface area (Å²) in [5.74, 6) is -2.98. The largest absolute Gasteiger partial charge is 0.480 e. The molecule has 0 aromatic heterocycles. The predicted octanol–water partition coefficient (Wildman–Crippen LogP) is -2.60. The summed E-state index contributed by atoms with van der Waals surface area (Å²) >= 11 is 0. The molecule has 0 radical (unpaired) electrons. The van der Waals surface area contributed by atoms with E-state index in [4.69, 9.17) is 15.3 Å². The first-order valence-corrected chi connectivity index (χ1v) is 8.40. The summed E-state index contributed by atoms with van der Waals surface area (Å²) in [5, 5.41) is 41.4. The molecule has 0 fully saturated rings. The van der Waals surface area contributed by atoms with Gasteiger partial charge in [-0.05, 0) is 6.92 Å². The summed E-state index contributed by atoms with van der Waals surface area (Å²) in [6, 6.07) is 0. The standard InChI is InChI=1S/C15H30N4O7/c1-12(20)8-16-2-4-18(10-14(23)24)6-7-19(11-15(25)26)5-3-17-9-13(21)22/h12,16-17,20H,2-11H2,1H3,(H,21,22)(H,23,24)(H,25,26). The van der Waals surface area contributed by atoms with E-state index in [-0.39, 0.29) is 19.6 Å². The highest BCUT2D eigenvalue weighted by molar-refractivity contribution is 5.69. The summed E-state index contributed by atoms with van der Waals surface area (Å²) in [4.78, 5) is 35.7. The van der Waals surface area contributed by atoms with Gasteiger partial charge in [-0.25, -0.2) is 0 Å². The third-order valence-electron chi connectivity index (χ3n) is 3.38. The maximum atomic E-state index is 11.0. The van der Waals surface area contributed by atoms with E-state index in [2.05, 4.69) is 10.6 Å². The third-order valence-corrected chi connectivity index (χ3v) is 3.38. The molecule has 152 valence electrons. The van der Waals surface area contributed by atoms with Gasteiger partial charge in [-0.15, -0.1) is 0 Å². The summed E-state index contributed by atoms with van der Waals surface area (Å²) < 4.78 is 0. The molecule has 0 amide bonds. The maximum absolute atomic E-state index is 11.0. The molecule has 0 aromatic carbocycles. The molecule has 0 spiro atoms. The predicted molar refractivity (Wildman–Crippen MR) is 93.2 cm³/mol. The molecule has 0 heterocycles. The fourth-order valence-electron chi connectivity index (χ4n) is 2.19. The van der Waals surface area contributed by atoms with E-state index in [0.717, 1.165) is 0 Å². The quantitative estimate of drug-likeness (QED) is 0.147. The average molecular weight is 378 g/mol. The summed E-state index contributed by atoms with van der Waals surface area (Å²) in [6.07, 6.45) is -0.493. The van der Waals surface area contributed by atoms with Crippen LogP contribution in [0, 0.1) is 0 Å². The van der Waals surface area contributed by atoms with Crippen LogP contribution in [0.3, 0.4) is 0 Å². The topological polar surface area (TPSA) is 163 Å². The van der Waals surface area contributed by atoms with Crippen LogP contribution in [0.25, 0.3) is 0 Å². The molecule has 0 aliphatic carbocycles. The van der Waals surface area contributed by atoms with Crippen LogP contribution < -0.4 is 10.6 Å². The SMILES string of the molecule is CC(O)CNCCN(CCN(CCNCC(=O)O)CC(=O)O)CC(=O)O. The van der Waals surface area contributed by atoms with Crippen molar-refractivity contribution in [1.82, 2.24) is 20.4 Å². The fourth-order valence-corrected chi connectivity index (χ4v) is 2.19. The number of nitrogens with zero attached hydrogens (tertiary/aromatic N) is 2. The van der Waals surface area contributed by atoms with Crippen LogP contribution in [0.2, 0.25) is 0 Å². The lowest BCUT2D eigenvalue weighted by molar-refractivity contribution is -0.140. The Balaban J connectivity index is 4.39. The second kappa shape index (κ2) is 14.4. The van der Waals surface area contributed by atoms with E-state index in [9.17, 15) is 19.5 Å². The number of carbonyl (C=O) groups is 3. The van der Waals surface area contributed by atoms with Crippen molar-refractivity contribution in [2.45, 2.75) is 13.0 Å². The molecule has 0 aliphatic heterocycles. The number of rotatable bonds is 17. The molecule has 0 aromatic rings. The Morgan fingerprint density at radius 3 is 1.65 bits per heavy atom. The van der Waals surface area contributed by atoms with Crippen molar-refractivity contribution >= 4 is 17.9 Å². The summed E-state index contributed by atoms with van der Waals surface area (Å²) in [7, 11) is 0. The minimum atomic E-state index is -1.01. The number of aliphatic hydroxyl groups excluding tert-OH is 1. The number of aliphatic hydroxyl groups is 1. The van der Waals surface area contributed by atoms with Gasteiger partial charge in [0.1, 0.15) is 0 Å². The Kier molecular flexibility index (Phi) is 13.4. The van der Waals surface area contributed by atoms with Crippen molar-refractivity contribution in [3.05, 3.63) is 0 Å². The minimum absolute atomic E-state index is 0.172. The van der Waals surface area contributed by atoms with Crippen LogP contribution in [0.1, 0.15) is 6.92 Å². The molecule has 1 unspecified atom stereocenters. The van der Waals surface area contributed by atoms with Crippen molar-refractivity contribution in [1.29, 1.82) is 0 Å².